The molecule has 5 rings (SSSR count). The SMILES string of the molecule is COc1ccc(C2C(C#N)=C(N)Oc3cc(OC(=O)c4sc5cccc(Cl)c5c4Cl)ccc32)c(OC)c1. The Kier molecular flexibility index (Phi) is 6.61. The van der Waals surface area contributed by atoms with E-state index in [9.17, 15) is 10.1 Å². The Balaban J connectivity index is 1.52. The number of allylic oxidation sites excluding steroid dienone is 1. The smallest absolute Gasteiger partial charge is 0.355 e. The predicted molar refractivity (Wildman–Crippen MR) is 142 cm³/mol. The molecule has 10 heteroatoms. The fraction of sp³-hybridized carbons (Fsp3) is 0.111. The van der Waals surface area contributed by atoms with E-state index < -0.39 is 11.9 Å². The van der Waals surface area contributed by atoms with Crippen LogP contribution in [0.5, 0.6) is 23.0 Å². The monoisotopic (exact) mass is 552 g/mol. The van der Waals surface area contributed by atoms with Gasteiger partial charge in [-0.3, -0.25) is 0 Å². The molecule has 0 saturated carbocycles. The number of nitrogens with two attached hydrogens (primary N) is 1. The number of benzene rings is 3. The Morgan fingerprint density at radius 2 is 1.81 bits per heavy atom. The number of fused-ring (bicyclic) bond motifs is 2. The molecule has 1 aliphatic rings. The summed E-state index contributed by atoms with van der Waals surface area (Å²) in [6.45, 7) is 0. The first-order valence-electron chi connectivity index (χ1n) is 10.9. The maximum absolute atomic E-state index is 13.0. The highest BCUT2D eigenvalue weighted by Crippen LogP contribution is 2.47. The maximum atomic E-state index is 13.0. The lowest BCUT2D eigenvalue weighted by molar-refractivity contribution is 0.0740. The third-order valence-corrected chi connectivity index (χ3v) is 7.88. The van der Waals surface area contributed by atoms with Crippen LogP contribution in [0.25, 0.3) is 10.1 Å². The van der Waals surface area contributed by atoms with Crippen molar-refractivity contribution in [2.24, 2.45) is 5.73 Å². The van der Waals surface area contributed by atoms with Gasteiger partial charge in [-0.05, 0) is 24.3 Å². The van der Waals surface area contributed by atoms with Crippen molar-refractivity contribution in [3.05, 3.63) is 92.1 Å². The second kappa shape index (κ2) is 9.87. The molecule has 2 N–H and O–H groups in total. The van der Waals surface area contributed by atoms with Crippen molar-refractivity contribution < 1.29 is 23.7 Å². The number of hydrogen-bond donors (Lipinski definition) is 1. The Bertz CT molecular complexity index is 1640. The lowest BCUT2D eigenvalue weighted by atomic mass is 9.83. The summed E-state index contributed by atoms with van der Waals surface area (Å²) in [6.07, 6.45) is 0. The average Bonchev–Trinajstić information content (AvgIpc) is 3.25. The maximum Gasteiger partial charge on any atom is 0.355 e. The zero-order valence-electron chi connectivity index (χ0n) is 19.5. The zero-order chi connectivity index (χ0) is 26.3. The van der Waals surface area contributed by atoms with Gasteiger partial charge in [0.25, 0.3) is 0 Å². The fourth-order valence-electron chi connectivity index (χ4n) is 4.23. The summed E-state index contributed by atoms with van der Waals surface area (Å²) in [5.41, 5.74) is 7.72. The molecule has 0 fully saturated rings. The number of hydrogen-bond acceptors (Lipinski definition) is 8. The lowest BCUT2D eigenvalue weighted by Crippen LogP contribution is -2.21. The minimum absolute atomic E-state index is 0.0523. The second-order valence-electron chi connectivity index (χ2n) is 7.98. The van der Waals surface area contributed by atoms with Crippen molar-refractivity contribution >= 4 is 50.6 Å². The van der Waals surface area contributed by atoms with Crippen molar-refractivity contribution in [2.45, 2.75) is 5.92 Å². The molecule has 1 atom stereocenters. The van der Waals surface area contributed by atoms with Crippen molar-refractivity contribution in [1.29, 1.82) is 5.26 Å². The largest absolute Gasteiger partial charge is 0.497 e. The Hall–Kier alpha value is -3.90. The third-order valence-electron chi connectivity index (χ3n) is 5.94. The van der Waals surface area contributed by atoms with Crippen LogP contribution in [0, 0.1) is 11.3 Å². The molecule has 0 radical (unpaired) electrons. The molecule has 2 heterocycles. The van der Waals surface area contributed by atoms with Crippen molar-refractivity contribution in [3.63, 3.8) is 0 Å². The second-order valence-corrected chi connectivity index (χ2v) is 9.82. The molecule has 186 valence electrons. The topological polar surface area (TPSA) is 104 Å². The van der Waals surface area contributed by atoms with Gasteiger partial charge in [-0.2, -0.15) is 5.26 Å². The van der Waals surface area contributed by atoms with Crippen LogP contribution in [0.4, 0.5) is 0 Å². The predicted octanol–water partition coefficient (Wildman–Crippen LogP) is 6.66. The van der Waals surface area contributed by atoms with E-state index >= 15 is 0 Å². The van der Waals surface area contributed by atoms with E-state index in [1.54, 1.807) is 49.6 Å². The lowest BCUT2D eigenvalue weighted by Gasteiger charge is -2.27. The molecular weight excluding hydrogens is 535 g/mol. The number of nitrogens with zero attached hydrogens (tertiary/aromatic N) is 1. The summed E-state index contributed by atoms with van der Waals surface area (Å²) in [4.78, 5) is 13.2. The van der Waals surface area contributed by atoms with Crippen molar-refractivity contribution in [2.75, 3.05) is 14.2 Å². The average molecular weight is 553 g/mol. The van der Waals surface area contributed by atoms with Gasteiger partial charge in [-0.15, -0.1) is 11.3 Å². The number of ether oxygens (including phenoxy) is 4. The summed E-state index contributed by atoms with van der Waals surface area (Å²) in [7, 11) is 3.09. The van der Waals surface area contributed by atoms with Gasteiger partial charge in [0.15, 0.2) is 0 Å². The molecule has 7 nitrogen and oxygen atoms in total. The summed E-state index contributed by atoms with van der Waals surface area (Å²) in [6, 6.07) is 17.7. The number of nitriles is 1. The number of methoxy groups -OCH3 is 2. The summed E-state index contributed by atoms with van der Waals surface area (Å²) >= 11 is 13.9. The molecule has 1 aromatic heterocycles. The summed E-state index contributed by atoms with van der Waals surface area (Å²) < 4.78 is 23.0. The van der Waals surface area contributed by atoms with Crippen LogP contribution in [0.3, 0.4) is 0 Å². The molecule has 0 spiro atoms. The van der Waals surface area contributed by atoms with Gasteiger partial charge in [0.1, 0.15) is 39.5 Å². The first-order chi connectivity index (χ1) is 17.9. The number of esters is 1. The minimum atomic E-state index is -0.632. The minimum Gasteiger partial charge on any atom is -0.497 e. The van der Waals surface area contributed by atoms with E-state index in [1.165, 1.54) is 18.4 Å². The van der Waals surface area contributed by atoms with Crippen LogP contribution in [0.15, 0.2) is 66.1 Å². The molecule has 0 amide bonds. The van der Waals surface area contributed by atoms with E-state index in [-0.39, 0.29) is 27.1 Å². The first-order valence-corrected chi connectivity index (χ1v) is 12.5. The van der Waals surface area contributed by atoms with Gasteiger partial charge < -0.3 is 24.7 Å². The standard InChI is InChI=1S/C27H18Cl2N2O5S/c1-33-13-6-8-15(19(10-13)34-2)22-16-9-7-14(11-20(16)36-26(31)17(22)12-30)35-27(32)25-24(29)23-18(28)4-3-5-21(23)37-25/h3-11,22H,31H2,1-2H3. The summed E-state index contributed by atoms with van der Waals surface area (Å²) in [5.74, 6) is 0.431. The van der Waals surface area contributed by atoms with Gasteiger partial charge in [0.05, 0.1) is 30.2 Å². The Morgan fingerprint density at radius 1 is 1.05 bits per heavy atom. The molecule has 0 aliphatic carbocycles. The number of thiophene rings is 1. The van der Waals surface area contributed by atoms with Crippen LogP contribution in [-0.2, 0) is 0 Å². The van der Waals surface area contributed by atoms with E-state index in [0.717, 1.165) is 4.70 Å². The van der Waals surface area contributed by atoms with Gasteiger partial charge in [0.2, 0.25) is 5.88 Å². The number of rotatable bonds is 5. The van der Waals surface area contributed by atoms with E-state index in [0.29, 0.717) is 38.8 Å². The van der Waals surface area contributed by atoms with Gasteiger partial charge in [-0.1, -0.05) is 41.4 Å². The highest BCUT2D eigenvalue weighted by molar-refractivity contribution is 7.21. The van der Waals surface area contributed by atoms with Crippen LogP contribution in [0.2, 0.25) is 10.0 Å². The molecule has 3 aromatic carbocycles. The first kappa shape index (κ1) is 24.8. The quantitative estimate of drug-likeness (QED) is 0.218. The van der Waals surface area contributed by atoms with Crippen LogP contribution < -0.4 is 24.7 Å². The number of carbonyl (C=O) groups excluding carboxylic acids is 1. The zero-order valence-corrected chi connectivity index (χ0v) is 21.8. The van der Waals surface area contributed by atoms with Crippen LogP contribution in [-0.4, -0.2) is 20.2 Å². The molecule has 37 heavy (non-hydrogen) atoms. The Morgan fingerprint density at radius 3 is 2.51 bits per heavy atom. The van der Waals surface area contributed by atoms with Gasteiger partial charge >= 0.3 is 5.97 Å². The summed E-state index contributed by atoms with van der Waals surface area (Å²) in [5, 5.41) is 11.2. The van der Waals surface area contributed by atoms with Gasteiger partial charge in [-0.25, -0.2) is 4.79 Å². The molecule has 0 saturated heterocycles. The van der Waals surface area contributed by atoms with E-state index in [2.05, 4.69) is 6.07 Å². The molecule has 1 unspecified atom stereocenters. The van der Waals surface area contributed by atoms with Crippen molar-refractivity contribution in [1.82, 2.24) is 0 Å². The number of carbonyl (C=O) groups is 1. The van der Waals surface area contributed by atoms with E-state index in [1.807, 2.05) is 12.1 Å². The normalized spacial score (nSPS) is 14.5. The van der Waals surface area contributed by atoms with E-state index in [4.69, 9.17) is 47.9 Å². The highest BCUT2D eigenvalue weighted by atomic mass is 35.5. The van der Waals surface area contributed by atoms with Crippen LogP contribution in [0.1, 0.15) is 26.7 Å². The molecular formula is C27H18Cl2N2O5S. The molecule has 0 bridgehead atoms. The van der Waals surface area contributed by atoms with Gasteiger partial charge in [0, 0.05) is 33.3 Å². The highest BCUT2D eigenvalue weighted by Gasteiger charge is 2.33. The van der Waals surface area contributed by atoms with Crippen LogP contribution >= 0.6 is 34.5 Å². The molecule has 1 aliphatic heterocycles. The Labute approximate surface area is 226 Å². The van der Waals surface area contributed by atoms with Crippen molar-refractivity contribution in [3.8, 4) is 29.1 Å². The molecule has 4 aromatic rings. The fourth-order valence-corrected chi connectivity index (χ4v) is 6.05. The number of halogens is 2. The third kappa shape index (κ3) is 4.31.